The fraction of sp³-hybridized carbons (Fsp3) is 0.333. The predicted molar refractivity (Wildman–Crippen MR) is 183 cm³/mol. The Balaban J connectivity index is 1.48. The Morgan fingerprint density at radius 1 is 0.900 bits per heavy atom. The van der Waals surface area contributed by atoms with Crippen LogP contribution in [0.25, 0.3) is 6.08 Å². The second-order valence-corrected chi connectivity index (χ2v) is 12.4. The Hall–Kier alpha value is -5.21. The first-order valence-electron chi connectivity index (χ1n) is 15.9. The van der Waals surface area contributed by atoms with Crippen LogP contribution in [0.4, 0.5) is 35.0 Å². The average Bonchev–Trinajstić information content (AvgIpc) is 3.06. The fourth-order valence-corrected chi connectivity index (χ4v) is 5.02. The van der Waals surface area contributed by atoms with Crippen molar-refractivity contribution in [3.8, 4) is 0 Å². The van der Waals surface area contributed by atoms with Gasteiger partial charge in [-0.25, -0.2) is 4.79 Å². The largest absolute Gasteiger partial charge is 0.444 e. The lowest BCUT2D eigenvalue weighted by molar-refractivity contribution is -0.137. The number of carbonyl (C=O) groups is 4. The third kappa shape index (κ3) is 11.4. The van der Waals surface area contributed by atoms with Crippen LogP contribution in [0.3, 0.4) is 0 Å². The summed E-state index contributed by atoms with van der Waals surface area (Å²) in [7, 11) is 0. The zero-order valence-electron chi connectivity index (χ0n) is 28.0. The molecule has 0 spiro atoms. The number of hydrogen-bond donors (Lipinski definition) is 3. The molecule has 14 heteroatoms. The Morgan fingerprint density at radius 3 is 2.10 bits per heavy atom. The zero-order valence-corrected chi connectivity index (χ0v) is 28.0. The lowest BCUT2D eigenvalue weighted by Gasteiger charge is -2.32. The summed E-state index contributed by atoms with van der Waals surface area (Å²) < 4.78 is 49.9. The van der Waals surface area contributed by atoms with E-state index in [2.05, 4.69) is 20.9 Å². The van der Waals surface area contributed by atoms with Crippen molar-refractivity contribution in [2.45, 2.75) is 38.6 Å². The summed E-state index contributed by atoms with van der Waals surface area (Å²) in [5.41, 5.74) is 0.346. The Kier molecular flexibility index (Phi) is 12.7. The van der Waals surface area contributed by atoms with Crippen molar-refractivity contribution in [1.29, 1.82) is 0 Å². The molecule has 3 N–H and O–H groups in total. The minimum absolute atomic E-state index is 0.139. The molecular weight excluding hydrogens is 655 g/mol. The SMILES string of the molecule is CC(C)(C)OC(=O)Nc1ccccc1NC(=O)/C=C/c1ccc(C(C(=O)Nc2ccc(C(F)(F)F)cc2)N(C=O)CCN2CCOCC2)cc1. The third-order valence-corrected chi connectivity index (χ3v) is 7.47. The van der Waals surface area contributed by atoms with Crippen molar-refractivity contribution in [2.24, 2.45) is 0 Å². The minimum atomic E-state index is -4.53. The number of morpholine rings is 1. The molecule has 1 aliphatic rings. The van der Waals surface area contributed by atoms with Crippen LogP contribution in [0.1, 0.15) is 43.5 Å². The number of nitrogens with zero attached hydrogens (tertiary/aromatic N) is 2. The van der Waals surface area contributed by atoms with Crippen LogP contribution in [0, 0.1) is 0 Å². The highest BCUT2D eigenvalue weighted by atomic mass is 19.4. The molecule has 4 amide bonds. The molecule has 3 aromatic rings. The van der Waals surface area contributed by atoms with Crippen molar-refractivity contribution in [1.82, 2.24) is 9.80 Å². The minimum Gasteiger partial charge on any atom is -0.444 e. The smallest absolute Gasteiger partial charge is 0.416 e. The van der Waals surface area contributed by atoms with Crippen LogP contribution in [0.15, 0.2) is 78.9 Å². The number of alkyl halides is 3. The summed E-state index contributed by atoms with van der Waals surface area (Å²) in [5.74, 6) is -1.09. The van der Waals surface area contributed by atoms with Crippen LogP contribution in [0.2, 0.25) is 0 Å². The molecule has 0 aliphatic carbocycles. The first kappa shape index (κ1) is 37.6. The van der Waals surface area contributed by atoms with Gasteiger partial charge in [0.1, 0.15) is 11.6 Å². The summed E-state index contributed by atoms with van der Waals surface area (Å²) in [6.07, 6.45) is -1.77. The van der Waals surface area contributed by atoms with Crippen molar-refractivity contribution >= 4 is 47.5 Å². The van der Waals surface area contributed by atoms with Crippen LogP contribution in [-0.2, 0) is 30.0 Å². The first-order chi connectivity index (χ1) is 23.7. The van der Waals surface area contributed by atoms with Crippen molar-refractivity contribution in [3.05, 3.63) is 95.6 Å². The molecular formula is C36H40F3N5O6. The van der Waals surface area contributed by atoms with Crippen LogP contribution >= 0.6 is 0 Å². The van der Waals surface area contributed by atoms with Gasteiger partial charge in [0.2, 0.25) is 12.3 Å². The normalized spacial score (nSPS) is 14.4. The second kappa shape index (κ2) is 16.9. The molecule has 266 valence electrons. The molecule has 1 saturated heterocycles. The molecule has 1 atom stereocenters. The van der Waals surface area contributed by atoms with Gasteiger partial charge in [-0.2, -0.15) is 13.2 Å². The van der Waals surface area contributed by atoms with E-state index in [4.69, 9.17) is 9.47 Å². The van der Waals surface area contributed by atoms with Crippen LogP contribution in [-0.4, -0.2) is 79.1 Å². The lowest BCUT2D eigenvalue weighted by atomic mass is 10.0. The Bertz CT molecular complexity index is 1650. The van der Waals surface area contributed by atoms with Gasteiger partial charge in [0.25, 0.3) is 5.91 Å². The monoisotopic (exact) mass is 695 g/mol. The summed E-state index contributed by atoms with van der Waals surface area (Å²) in [6, 6.07) is 16.2. The zero-order chi connectivity index (χ0) is 36.3. The molecule has 50 heavy (non-hydrogen) atoms. The molecule has 1 aliphatic heterocycles. The number of rotatable bonds is 12. The maximum absolute atomic E-state index is 13.6. The molecule has 11 nitrogen and oxygen atoms in total. The van der Waals surface area contributed by atoms with Crippen LogP contribution in [0.5, 0.6) is 0 Å². The molecule has 1 heterocycles. The van der Waals surface area contributed by atoms with Gasteiger partial charge in [0.15, 0.2) is 0 Å². The fourth-order valence-electron chi connectivity index (χ4n) is 5.02. The highest BCUT2D eigenvalue weighted by molar-refractivity contribution is 6.05. The Labute approximate surface area is 288 Å². The number of anilines is 3. The third-order valence-electron chi connectivity index (χ3n) is 7.47. The standard InChI is InChI=1S/C36H40F3N5O6/c1-35(2,3)50-34(48)42-30-7-5-4-6-29(30)41-31(46)17-10-25-8-11-26(12-9-25)32(44(24-45)19-18-43-20-22-49-23-21-43)33(47)40-28-15-13-27(14-16-28)36(37,38)39/h4-17,24,32H,18-23H2,1-3H3,(H,40,47)(H,41,46)(H,42,48)/b17-10+. The molecule has 0 bridgehead atoms. The van der Waals surface area contributed by atoms with Crippen molar-refractivity contribution < 1.29 is 41.8 Å². The number of nitrogens with one attached hydrogen (secondary N) is 3. The van der Waals surface area contributed by atoms with Gasteiger partial charge in [-0.1, -0.05) is 36.4 Å². The topological polar surface area (TPSA) is 129 Å². The summed E-state index contributed by atoms with van der Waals surface area (Å²) in [6.45, 7) is 8.37. The molecule has 3 aromatic carbocycles. The lowest BCUT2D eigenvalue weighted by Crippen LogP contribution is -2.44. The number of carbonyl (C=O) groups excluding carboxylic acids is 4. The highest BCUT2D eigenvalue weighted by Gasteiger charge is 2.31. The number of amides is 4. The molecule has 0 radical (unpaired) electrons. The van der Waals surface area contributed by atoms with Gasteiger partial charge in [-0.3, -0.25) is 24.6 Å². The van der Waals surface area contributed by atoms with Gasteiger partial charge >= 0.3 is 12.3 Å². The van der Waals surface area contributed by atoms with Gasteiger partial charge < -0.3 is 25.0 Å². The van der Waals surface area contributed by atoms with E-state index in [1.165, 1.54) is 11.0 Å². The summed E-state index contributed by atoms with van der Waals surface area (Å²) >= 11 is 0. The first-order valence-corrected chi connectivity index (χ1v) is 15.9. The van der Waals surface area contributed by atoms with Crippen molar-refractivity contribution in [3.63, 3.8) is 0 Å². The molecule has 1 unspecified atom stereocenters. The van der Waals surface area contributed by atoms with E-state index >= 15 is 0 Å². The molecule has 0 saturated carbocycles. The maximum Gasteiger partial charge on any atom is 0.416 e. The van der Waals surface area contributed by atoms with Gasteiger partial charge in [0, 0.05) is 37.9 Å². The van der Waals surface area contributed by atoms with E-state index in [1.807, 2.05) is 0 Å². The number of benzene rings is 3. The predicted octanol–water partition coefficient (Wildman–Crippen LogP) is 6.17. The molecule has 4 rings (SSSR count). The van der Waals surface area contributed by atoms with E-state index in [0.29, 0.717) is 61.8 Å². The van der Waals surface area contributed by atoms with E-state index in [9.17, 15) is 32.3 Å². The number of halogens is 3. The average molecular weight is 696 g/mol. The van der Waals surface area contributed by atoms with Crippen LogP contribution < -0.4 is 16.0 Å². The number of para-hydroxylation sites is 2. The number of ether oxygens (including phenoxy) is 2. The quantitative estimate of drug-likeness (QED) is 0.153. The summed E-state index contributed by atoms with van der Waals surface area (Å²) in [5, 5.41) is 7.98. The number of hydrogen-bond acceptors (Lipinski definition) is 7. The van der Waals surface area contributed by atoms with Gasteiger partial charge in [-0.05, 0) is 74.4 Å². The Morgan fingerprint density at radius 2 is 1.52 bits per heavy atom. The van der Waals surface area contributed by atoms with E-state index in [1.54, 1.807) is 75.4 Å². The van der Waals surface area contributed by atoms with Gasteiger partial charge in [-0.15, -0.1) is 0 Å². The maximum atomic E-state index is 13.6. The second-order valence-electron chi connectivity index (χ2n) is 12.4. The molecule has 0 aromatic heterocycles. The van der Waals surface area contributed by atoms with Crippen molar-refractivity contribution in [2.75, 3.05) is 55.3 Å². The van der Waals surface area contributed by atoms with E-state index < -0.39 is 41.3 Å². The summed E-state index contributed by atoms with van der Waals surface area (Å²) in [4.78, 5) is 54.4. The molecule has 1 fully saturated rings. The van der Waals surface area contributed by atoms with E-state index in [-0.39, 0.29) is 12.2 Å². The highest BCUT2D eigenvalue weighted by Crippen LogP contribution is 2.30. The van der Waals surface area contributed by atoms with E-state index in [0.717, 1.165) is 24.3 Å². The van der Waals surface area contributed by atoms with Gasteiger partial charge in [0.05, 0.1) is 30.2 Å².